The van der Waals surface area contributed by atoms with Crippen molar-refractivity contribution in [1.29, 1.82) is 0 Å². The number of likely N-dealkylation sites (N-methyl/N-ethyl adjacent to an activating group) is 1. The van der Waals surface area contributed by atoms with Crippen molar-refractivity contribution in [2.45, 2.75) is 6.54 Å². The summed E-state index contributed by atoms with van der Waals surface area (Å²) in [6.45, 7) is 1.26. The number of nitrogens with zero attached hydrogens (tertiary/aromatic N) is 2. The van der Waals surface area contributed by atoms with Crippen LogP contribution in [0.25, 0.3) is 10.9 Å². The predicted molar refractivity (Wildman–Crippen MR) is 92.8 cm³/mol. The van der Waals surface area contributed by atoms with Crippen LogP contribution in [-0.2, 0) is 11.3 Å². The highest BCUT2D eigenvalue weighted by Crippen LogP contribution is 2.14. The number of carbonyl (C=O) groups excluding carboxylic acids is 1. The number of amides is 1. The van der Waals surface area contributed by atoms with Gasteiger partial charge in [-0.15, -0.1) is 12.4 Å². The zero-order valence-corrected chi connectivity index (χ0v) is 14.3. The molecule has 9 heteroatoms. The molecule has 2 aromatic rings. The van der Waals surface area contributed by atoms with Gasteiger partial charge in [-0.1, -0.05) is 0 Å². The lowest BCUT2D eigenvalue weighted by Crippen LogP contribution is -2.99. The molecular weight excluding hydrogens is 336 g/mol. The van der Waals surface area contributed by atoms with E-state index in [1.807, 2.05) is 19.0 Å². The standard InChI is InChI=1S/C15H20N4O4.ClH/c1-17(2)8-6-16-15(21)10-18-7-5-14(20)12-4-3-11(19(22)23)9-13(12)18;/h3-5,7,9,19,22H,6,8,10H2,1-2H3,(H,16,21);1H. The van der Waals surface area contributed by atoms with E-state index in [4.69, 9.17) is 5.21 Å². The van der Waals surface area contributed by atoms with Gasteiger partial charge in [-0.2, -0.15) is 5.23 Å². The van der Waals surface area contributed by atoms with Crippen LogP contribution in [0.15, 0.2) is 35.3 Å². The normalized spacial score (nSPS) is 12.0. The largest absolute Gasteiger partial charge is 0.595 e. The van der Waals surface area contributed by atoms with Crippen LogP contribution >= 0.6 is 12.4 Å². The van der Waals surface area contributed by atoms with Gasteiger partial charge in [0.15, 0.2) is 11.1 Å². The van der Waals surface area contributed by atoms with Crippen LogP contribution in [0.4, 0.5) is 5.69 Å². The maximum Gasteiger partial charge on any atom is 0.239 e. The Labute approximate surface area is 145 Å². The fourth-order valence-electron chi connectivity index (χ4n) is 2.21. The van der Waals surface area contributed by atoms with Gasteiger partial charge < -0.3 is 20.0 Å². The van der Waals surface area contributed by atoms with Crippen molar-refractivity contribution in [2.24, 2.45) is 0 Å². The molecule has 0 saturated heterocycles. The van der Waals surface area contributed by atoms with Gasteiger partial charge in [-0.05, 0) is 20.2 Å². The minimum atomic E-state index is -1.08. The molecule has 24 heavy (non-hydrogen) atoms. The molecule has 1 aromatic heterocycles. The van der Waals surface area contributed by atoms with E-state index in [0.29, 0.717) is 17.4 Å². The Hall–Kier alpha value is -1.97. The summed E-state index contributed by atoms with van der Waals surface area (Å²) in [6.07, 6.45) is 1.50. The third-order valence-corrected chi connectivity index (χ3v) is 3.42. The number of rotatable bonds is 6. The summed E-state index contributed by atoms with van der Waals surface area (Å²) >= 11 is 0. The highest BCUT2D eigenvalue weighted by molar-refractivity contribution is 5.85. The number of fused-ring (bicyclic) bond motifs is 1. The fourth-order valence-corrected chi connectivity index (χ4v) is 2.21. The van der Waals surface area contributed by atoms with Crippen molar-refractivity contribution < 1.29 is 15.2 Å². The first-order valence-electron chi connectivity index (χ1n) is 7.16. The third kappa shape index (κ3) is 5.02. The molecule has 0 spiro atoms. The van der Waals surface area contributed by atoms with Gasteiger partial charge in [0, 0.05) is 42.9 Å². The van der Waals surface area contributed by atoms with Crippen LogP contribution < -0.4 is 16.0 Å². The molecule has 132 valence electrons. The second-order valence-electron chi connectivity index (χ2n) is 5.50. The number of quaternary nitrogens is 1. The number of hydrogen-bond donors (Lipinski definition) is 3. The zero-order chi connectivity index (χ0) is 17.0. The average molecular weight is 357 g/mol. The molecule has 0 aliphatic carbocycles. The second-order valence-corrected chi connectivity index (χ2v) is 5.50. The molecule has 1 heterocycles. The van der Waals surface area contributed by atoms with E-state index in [1.54, 1.807) is 4.57 Å². The Morgan fingerprint density at radius 2 is 2.08 bits per heavy atom. The van der Waals surface area contributed by atoms with Crippen molar-refractivity contribution in [3.63, 3.8) is 0 Å². The fraction of sp³-hybridized carbons (Fsp3) is 0.333. The smallest absolute Gasteiger partial charge is 0.239 e. The molecule has 0 radical (unpaired) electrons. The van der Waals surface area contributed by atoms with Crippen molar-refractivity contribution in [1.82, 2.24) is 14.8 Å². The number of carbonyl (C=O) groups is 1. The van der Waals surface area contributed by atoms with Crippen LogP contribution in [0, 0.1) is 5.21 Å². The topological polar surface area (TPSA) is 102 Å². The molecule has 1 amide bonds. The minimum absolute atomic E-state index is 0. The van der Waals surface area contributed by atoms with E-state index < -0.39 is 5.23 Å². The second kappa shape index (κ2) is 8.76. The molecule has 2 rings (SSSR count). The summed E-state index contributed by atoms with van der Waals surface area (Å²) in [5.74, 6) is -0.197. The Morgan fingerprint density at radius 3 is 2.71 bits per heavy atom. The number of hydrogen-bond acceptors (Lipinski definition) is 5. The lowest BCUT2D eigenvalue weighted by molar-refractivity contribution is -0.991. The summed E-state index contributed by atoms with van der Waals surface area (Å²) in [5, 5.41) is 22.3. The first kappa shape index (κ1) is 20.1. The maximum atomic E-state index is 12.0. The first-order valence-corrected chi connectivity index (χ1v) is 7.16. The Morgan fingerprint density at radius 1 is 1.38 bits per heavy atom. The van der Waals surface area contributed by atoms with Crippen LogP contribution in [0.2, 0.25) is 0 Å². The summed E-state index contributed by atoms with van der Waals surface area (Å²) < 4.78 is 1.58. The molecule has 8 nitrogen and oxygen atoms in total. The van der Waals surface area contributed by atoms with Gasteiger partial charge in [0.05, 0.1) is 5.52 Å². The maximum absolute atomic E-state index is 12.0. The molecule has 0 aliphatic rings. The van der Waals surface area contributed by atoms with Crippen LogP contribution in [0.5, 0.6) is 0 Å². The highest BCUT2D eigenvalue weighted by Gasteiger charge is 2.10. The zero-order valence-electron chi connectivity index (χ0n) is 13.5. The van der Waals surface area contributed by atoms with Gasteiger partial charge in [-0.3, -0.25) is 9.59 Å². The summed E-state index contributed by atoms with van der Waals surface area (Å²) in [5.41, 5.74) is 0.297. The lowest BCUT2D eigenvalue weighted by atomic mass is 10.2. The summed E-state index contributed by atoms with van der Waals surface area (Å²) in [6, 6.07) is 5.64. The number of aromatic nitrogens is 1. The first-order chi connectivity index (χ1) is 10.9. The number of pyridine rings is 1. The SMILES string of the molecule is CN(C)CCNC(=O)Cn1ccc(=O)c2ccc([NH+]([O-])O)cc21.Cl. The van der Waals surface area contributed by atoms with Crippen LogP contribution in [0.3, 0.4) is 0 Å². The molecule has 0 saturated carbocycles. The van der Waals surface area contributed by atoms with Gasteiger partial charge in [-0.25, -0.2) is 5.21 Å². The van der Waals surface area contributed by atoms with Crippen molar-refractivity contribution in [3.8, 4) is 0 Å². The van der Waals surface area contributed by atoms with Gasteiger partial charge in [0.1, 0.15) is 6.54 Å². The average Bonchev–Trinajstić information content (AvgIpc) is 2.49. The Balaban J connectivity index is 0.00000288. The number of halogens is 1. The minimum Gasteiger partial charge on any atom is -0.595 e. The predicted octanol–water partition coefficient (Wildman–Crippen LogP) is -0.495. The third-order valence-electron chi connectivity index (χ3n) is 3.42. The molecule has 1 unspecified atom stereocenters. The molecule has 0 fully saturated rings. The number of nitrogens with one attached hydrogen (secondary N) is 2. The van der Waals surface area contributed by atoms with E-state index in [-0.39, 0.29) is 36.0 Å². The van der Waals surface area contributed by atoms with Crippen molar-refractivity contribution >= 4 is 34.9 Å². The molecule has 1 atom stereocenters. The molecule has 3 N–H and O–H groups in total. The monoisotopic (exact) mass is 356 g/mol. The lowest BCUT2D eigenvalue weighted by Gasteiger charge is -2.15. The Kier molecular flexibility index (Phi) is 7.33. The summed E-state index contributed by atoms with van der Waals surface area (Å²) in [7, 11) is 3.82. The van der Waals surface area contributed by atoms with Gasteiger partial charge in [0.25, 0.3) is 0 Å². The van der Waals surface area contributed by atoms with E-state index in [1.165, 1.54) is 30.5 Å². The van der Waals surface area contributed by atoms with E-state index >= 15 is 0 Å². The molecule has 0 bridgehead atoms. The molecule has 1 aromatic carbocycles. The van der Waals surface area contributed by atoms with E-state index in [9.17, 15) is 14.8 Å². The molecule has 0 aliphatic heterocycles. The summed E-state index contributed by atoms with van der Waals surface area (Å²) in [4.78, 5) is 25.8. The van der Waals surface area contributed by atoms with Crippen molar-refractivity contribution in [2.75, 3.05) is 27.2 Å². The van der Waals surface area contributed by atoms with Gasteiger partial charge in [0.2, 0.25) is 5.91 Å². The number of benzene rings is 1. The van der Waals surface area contributed by atoms with Crippen LogP contribution in [0.1, 0.15) is 0 Å². The van der Waals surface area contributed by atoms with E-state index in [0.717, 1.165) is 6.54 Å². The Bertz CT molecular complexity index is 761. The molecular formula is C15H21ClN4O4. The van der Waals surface area contributed by atoms with Crippen LogP contribution in [-0.4, -0.2) is 47.8 Å². The van der Waals surface area contributed by atoms with Crippen molar-refractivity contribution in [3.05, 3.63) is 45.9 Å². The van der Waals surface area contributed by atoms with E-state index in [2.05, 4.69) is 5.32 Å². The quantitative estimate of drug-likeness (QED) is 0.606. The highest BCUT2D eigenvalue weighted by atomic mass is 35.5. The van der Waals surface area contributed by atoms with Gasteiger partial charge >= 0.3 is 0 Å².